The van der Waals surface area contributed by atoms with Crippen molar-refractivity contribution in [2.45, 2.75) is 19.9 Å². The molecule has 4 aromatic rings. The lowest BCUT2D eigenvalue weighted by Gasteiger charge is -2.23. The van der Waals surface area contributed by atoms with Gasteiger partial charge in [0.1, 0.15) is 12.4 Å². The first-order valence-electron chi connectivity index (χ1n) is 11.0. The van der Waals surface area contributed by atoms with Gasteiger partial charge in [0.25, 0.3) is 5.56 Å². The molecule has 2 heterocycles. The van der Waals surface area contributed by atoms with Crippen LogP contribution in [0.1, 0.15) is 16.7 Å². The van der Waals surface area contributed by atoms with E-state index in [1.165, 1.54) is 16.7 Å². The summed E-state index contributed by atoms with van der Waals surface area (Å²) in [5.41, 5.74) is 4.78. The molecule has 0 radical (unpaired) electrons. The number of ether oxygens (including phenoxy) is 1. The molecule has 0 N–H and O–H groups in total. The van der Waals surface area contributed by atoms with Crippen LogP contribution in [0.25, 0.3) is 10.9 Å². The predicted molar refractivity (Wildman–Crippen MR) is 129 cm³/mol. The Morgan fingerprint density at radius 3 is 2.69 bits per heavy atom. The quantitative estimate of drug-likeness (QED) is 0.398. The van der Waals surface area contributed by atoms with Crippen LogP contribution in [0.3, 0.4) is 0 Å². The van der Waals surface area contributed by atoms with Gasteiger partial charge in [0.2, 0.25) is 0 Å². The van der Waals surface area contributed by atoms with Crippen LogP contribution in [-0.4, -0.2) is 34.1 Å². The van der Waals surface area contributed by atoms with Crippen LogP contribution in [0.5, 0.6) is 5.75 Å². The van der Waals surface area contributed by atoms with Gasteiger partial charge in [-0.15, -0.1) is 0 Å². The van der Waals surface area contributed by atoms with Gasteiger partial charge in [0.15, 0.2) is 0 Å². The number of hydrogen-bond donors (Lipinski definition) is 0. The van der Waals surface area contributed by atoms with Gasteiger partial charge in [-0.3, -0.25) is 14.7 Å². The van der Waals surface area contributed by atoms with Crippen LogP contribution < -0.4 is 10.3 Å². The number of fused-ring (bicyclic) bond motifs is 1. The van der Waals surface area contributed by atoms with Crippen molar-refractivity contribution in [3.8, 4) is 5.75 Å². The Bertz CT molecular complexity index is 1230. The molecule has 0 fully saturated rings. The van der Waals surface area contributed by atoms with Crippen molar-refractivity contribution < 1.29 is 4.74 Å². The number of benzene rings is 2. The molecular formula is C27H29N3O2. The fourth-order valence-electron chi connectivity index (χ4n) is 3.88. The number of pyridine rings is 2. The molecule has 0 aliphatic heterocycles. The summed E-state index contributed by atoms with van der Waals surface area (Å²) in [7, 11) is 1.79. The molecule has 0 aliphatic rings. The van der Waals surface area contributed by atoms with E-state index in [9.17, 15) is 4.79 Å². The number of hydrogen-bond acceptors (Lipinski definition) is 4. The van der Waals surface area contributed by atoms with E-state index in [1.807, 2.05) is 42.7 Å². The van der Waals surface area contributed by atoms with Crippen LogP contribution in [0, 0.1) is 6.92 Å². The van der Waals surface area contributed by atoms with Crippen LogP contribution >= 0.6 is 0 Å². The molecule has 0 saturated heterocycles. The molecule has 0 unspecified atom stereocenters. The second-order valence-electron chi connectivity index (χ2n) is 8.11. The molecule has 0 bridgehead atoms. The summed E-state index contributed by atoms with van der Waals surface area (Å²) in [4.78, 5) is 18.5. The van der Waals surface area contributed by atoms with Crippen molar-refractivity contribution in [1.82, 2.24) is 14.5 Å². The molecule has 2 aromatic carbocycles. The highest BCUT2D eigenvalue weighted by molar-refractivity contribution is 5.80. The molecular weight excluding hydrogens is 398 g/mol. The first-order chi connectivity index (χ1) is 15.6. The maximum atomic E-state index is 11.8. The molecule has 5 heteroatoms. The van der Waals surface area contributed by atoms with E-state index in [4.69, 9.17) is 4.74 Å². The van der Waals surface area contributed by atoms with Gasteiger partial charge in [0, 0.05) is 50.5 Å². The Morgan fingerprint density at radius 2 is 1.88 bits per heavy atom. The molecule has 32 heavy (non-hydrogen) atoms. The fourth-order valence-corrected chi connectivity index (χ4v) is 3.88. The molecule has 164 valence electrons. The first kappa shape index (κ1) is 21.8. The van der Waals surface area contributed by atoms with Crippen LogP contribution in [0.15, 0.2) is 83.9 Å². The van der Waals surface area contributed by atoms with Crippen molar-refractivity contribution in [2.75, 3.05) is 19.7 Å². The lowest BCUT2D eigenvalue weighted by Crippen LogP contribution is -2.30. The molecule has 5 nitrogen and oxygen atoms in total. The van der Waals surface area contributed by atoms with Crippen LogP contribution in [0.4, 0.5) is 0 Å². The van der Waals surface area contributed by atoms with E-state index in [-0.39, 0.29) is 5.56 Å². The van der Waals surface area contributed by atoms with Gasteiger partial charge in [-0.05, 0) is 60.4 Å². The third-order valence-corrected chi connectivity index (χ3v) is 5.87. The smallest absolute Gasteiger partial charge is 0.250 e. The highest BCUT2D eigenvalue weighted by Gasteiger charge is 2.09. The standard InChI is InChI=1S/C27H29N3O2/c1-21-6-3-4-8-24(21)20-30(15-13-22-7-5-14-28-19-22)16-17-32-25-10-11-26-23(18-25)9-12-27(31)29(26)2/h3-12,14,18-19H,13,15-17,20H2,1-2H3. The van der Waals surface area contributed by atoms with Gasteiger partial charge in [-0.1, -0.05) is 30.3 Å². The van der Waals surface area contributed by atoms with E-state index < -0.39 is 0 Å². The topological polar surface area (TPSA) is 47.4 Å². The third kappa shape index (κ3) is 5.42. The maximum absolute atomic E-state index is 11.8. The van der Waals surface area contributed by atoms with Crippen molar-refractivity contribution in [3.63, 3.8) is 0 Å². The average Bonchev–Trinajstić information content (AvgIpc) is 2.82. The second kappa shape index (κ2) is 10.2. The zero-order valence-electron chi connectivity index (χ0n) is 18.7. The number of nitrogens with zero attached hydrogens (tertiary/aromatic N) is 3. The Labute approximate surface area is 188 Å². The summed E-state index contributed by atoms with van der Waals surface area (Å²) in [6.45, 7) is 5.39. The monoisotopic (exact) mass is 427 g/mol. The van der Waals surface area contributed by atoms with E-state index in [0.29, 0.717) is 6.61 Å². The summed E-state index contributed by atoms with van der Waals surface area (Å²) in [5.74, 6) is 0.819. The molecule has 0 spiro atoms. The summed E-state index contributed by atoms with van der Waals surface area (Å²) in [6.07, 6.45) is 4.69. The normalized spacial score (nSPS) is 11.2. The largest absolute Gasteiger partial charge is 0.492 e. The minimum absolute atomic E-state index is 0.00775. The van der Waals surface area contributed by atoms with Crippen LogP contribution in [0.2, 0.25) is 0 Å². The summed E-state index contributed by atoms with van der Waals surface area (Å²) < 4.78 is 7.75. The fraction of sp³-hybridized carbons (Fsp3) is 0.259. The Balaban J connectivity index is 1.42. The van der Waals surface area contributed by atoms with E-state index in [0.717, 1.165) is 42.7 Å². The highest BCUT2D eigenvalue weighted by Crippen LogP contribution is 2.19. The Morgan fingerprint density at radius 1 is 1.00 bits per heavy atom. The zero-order valence-corrected chi connectivity index (χ0v) is 18.7. The SMILES string of the molecule is Cc1ccccc1CN(CCOc1ccc2c(ccc(=O)n2C)c1)CCc1cccnc1. The van der Waals surface area contributed by atoms with Crippen molar-refractivity contribution in [2.24, 2.45) is 7.05 Å². The van der Waals surface area contributed by atoms with Gasteiger partial charge in [-0.2, -0.15) is 0 Å². The van der Waals surface area contributed by atoms with Crippen LogP contribution in [-0.2, 0) is 20.0 Å². The molecule has 0 atom stereocenters. The lowest BCUT2D eigenvalue weighted by atomic mass is 10.1. The maximum Gasteiger partial charge on any atom is 0.250 e. The number of aryl methyl sites for hydroxylation is 2. The first-order valence-corrected chi connectivity index (χ1v) is 11.0. The molecule has 0 saturated carbocycles. The average molecular weight is 428 g/mol. The minimum atomic E-state index is -0.00775. The molecule has 2 aromatic heterocycles. The molecule has 0 aliphatic carbocycles. The zero-order chi connectivity index (χ0) is 22.3. The second-order valence-corrected chi connectivity index (χ2v) is 8.11. The Kier molecular flexibility index (Phi) is 6.97. The third-order valence-electron chi connectivity index (χ3n) is 5.87. The number of rotatable bonds is 9. The highest BCUT2D eigenvalue weighted by atomic mass is 16.5. The summed E-state index contributed by atoms with van der Waals surface area (Å²) in [5, 5.41) is 0.998. The summed E-state index contributed by atoms with van der Waals surface area (Å²) in [6, 6.07) is 22.0. The molecule has 0 amide bonds. The van der Waals surface area contributed by atoms with E-state index in [1.54, 1.807) is 17.7 Å². The van der Waals surface area contributed by atoms with E-state index >= 15 is 0 Å². The van der Waals surface area contributed by atoms with E-state index in [2.05, 4.69) is 47.1 Å². The van der Waals surface area contributed by atoms with Crippen molar-refractivity contribution >= 4 is 10.9 Å². The van der Waals surface area contributed by atoms with Gasteiger partial charge < -0.3 is 9.30 Å². The van der Waals surface area contributed by atoms with Crippen molar-refractivity contribution in [3.05, 3.63) is 106 Å². The van der Waals surface area contributed by atoms with Gasteiger partial charge >= 0.3 is 0 Å². The summed E-state index contributed by atoms with van der Waals surface area (Å²) >= 11 is 0. The Hall–Kier alpha value is -3.44. The minimum Gasteiger partial charge on any atom is -0.492 e. The number of aromatic nitrogens is 2. The molecule has 4 rings (SSSR count). The van der Waals surface area contributed by atoms with Gasteiger partial charge in [-0.25, -0.2) is 0 Å². The van der Waals surface area contributed by atoms with Crippen molar-refractivity contribution in [1.29, 1.82) is 0 Å². The predicted octanol–water partition coefficient (Wildman–Crippen LogP) is 4.37. The lowest BCUT2D eigenvalue weighted by molar-refractivity contribution is 0.204. The van der Waals surface area contributed by atoms with Gasteiger partial charge in [0.05, 0.1) is 5.52 Å².